The zero-order valence-electron chi connectivity index (χ0n) is 15.9. The molecule has 0 aliphatic rings. The van der Waals surface area contributed by atoms with Crippen LogP contribution in [0.15, 0.2) is 29.6 Å². The van der Waals surface area contributed by atoms with Crippen LogP contribution in [0.4, 0.5) is 0 Å². The Kier molecular flexibility index (Phi) is 5.27. The lowest BCUT2D eigenvalue weighted by Gasteiger charge is -2.12. The van der Waals surface area contributed by atoms with E-state index in [0.717, 1.165) is 22.4 Å². The molecule has 0 aliphatic carbocycles. The number of imidazole rings is 1. The Bertz CT molecular complexity index is 1060. The number of aromatic nitrogens is 3. The highest BCUT2D eigenvalue weighted by molar-refractivity contribution is 7.84. The zero-order chi connectivity index (χ0) is 19.7. The Balaban J connectivity index is 1.97. The SMILES string of the molecule is COC(=O)c1ccc2c(c1)nc(S(=O)Cc1ncc(C)c(OC)c1C)n2C. The summed E-state index contributed by atoms with van der Waals surface area (Å²) in [7, 11) is 3.34. The van der Waals surface area contributed by atoms with Gasteiger partial charge in [0, 0.05) is 24.4 Å². The van der Waals surface area contributed by atoms with Crippen LogP contribution in [0.1, 0.15) is 27.2 Å². The minimum atomic E-state index is -1.41. The third-order valence-electron chi connectivity index (χ3n) is 4.48. The van der Waals surface area contributed by atoms with Gasteiger partial charge in [0.25, 0.3) is 0 Å². The number of aryl methyl sites for hydroxylation is 2. The second kappa shape index (κ2) is 7.48. The van der Waals surface area contributed by atoms with Gasteiger partial charge in [-0.25, -0.2) is 9.78 Å². The van der Waals surface area contributed by atoms with Crippen LogP contribution in [0.25, 0.3) is 11.0 Å². The Morgan fingerprint density at radius 1 is 1.26 bits per heavy atom. The van der Waals surface area contributed by atoms with E-state index in [9.17, 15) is 9.00 Å². The van der Waals surface area contributed by atoms with Crippen molar-refractivity contribution in [1.29, 1.82) is 0 Å². The van der Waals surface area contributed by atoms with Crippen LogP contribution < -0.4 is 4.74 Å². The molecule has 0 radical (unpaired) electrons. The number of ether oxygens (including phenoxy) is 2. The third-order valence-corrected chi connectivity index (χ3v) is 5.79. The van der Waals surface area contributed by atoms with Crippen LogP contribution in [0.2, 0.25) is 0 Å². The predicted molar refractivity (Wildman–Crippen MR) is 102 cm³/mol. The van der Waals surface area contributed by atoms with Gasteiger partial charge in [-0.15, -0.1) is 0 Å². The fourth-order valence-corrected chi connectivity index (χ4v) is 4.30. The van der Waals surface area contributed by atoms with Crippen molar-refractivity contribution in [2.45, 2.75) is 24.8 Å². The summed E-state index contributed by atoms with van der Waals surface area (Å²) >= 11 is 0. The van der Waals surface area contributed by atoms with E-state index in [4.69, 9.17) is 9.47 Å². The first kappa shape index (κ1) is 19.0. The molecule has 3 aromatic rings. The number of hydrogen-bond acceptors (Lipinski definition) is 6. The molecule has 0 saturated heterocycles. The monoisotopic (exact) mass is 387 g/mol. The molecular formula is C19H21N3O4S. The van der Waals surface area contributed by atoms with E-state index in [1.54, 1.807) is 43.1 Å². The number of hydrogen-bond donors (Lipinski definition) is 0. The fourth-order valence-electron chi connectivity index (χ4n) is 3.03. The van der Waals surface area contributed by atoms with Crippen molar-refractivity contribution in [3.8, 4) is 5.75 Å². The molecule has 0 N–H and O–H groups in total. The normalized spacial score (nSPS) is 12.2. The molecule has 1 unspecified atom stereocenters. The molecule has 142 valence electrons. The number of fused-ring (bicyclic) bond motifs is 1. The molecule has 7 nitrogen and oxygen atoms in total. The van der Waals surface area contributed by atoms with E-state index in [-0.39, 0.29) is 5.75 Å². The van der Waals surface area contributed by atoms with Gasteiger partial charge >= 0.3 is 5.97 Å². The number of rotatable bonds is 5. The average Bonchev–Trinajstić information content (AvgIpc) is 3.00. The van der Waals surface area contributed by atoms with Crippen LogP contribution in [-0.2, 0) is 28.3 Å². The summed E-state index contributed by atoms with van der Waals surface area (Å²) in [4.78, 5) is 20.6. The summed E-state index contributed by atoms with van der Waals surface area (Å²) in [5.41, 5.74) is 4.30. The fraction of sp³-hybridized carbons (Fsp3) is 0.316. The van der Waals surface area contributed by atoms with Gasteiger partial charge in [-0.3, -0.25) is 9.19 Å². The summed E-state index contributed by atoms with van der Waals surface area (Å²) in [6.07, 6.45) is 1.72. The third kappa shape index (κ3) is 3.44. The molecule has 27 heavy (non-hydrogen) atoms. The van der Waals surface area contributed by atoms with Gasteiger partial charge in [-0.2, -0.15) is 0 Å². The number of benzene rings is 1. The second-order valence-electron chi connectivity index (χ2n) is 6.18. The largest absolute Gasteiger partial charge is 0.496 e. The molecule has 2 aromatic heterocycles. The number of carbonyl (C=O) groups is 1. The molecule has 0 aliphatic heterocycles. The Morgan fingerprint density at radius 2 is 2.00 bits per heavy atom. The summed E-state index contributed by atoms with van der Waals surface area (Å²) in [5, 5.41) is 0.424. The number of carbonyl (C=O) groups excluding carboxylic acids is 1. The van der Waals surface area contributed by atoms with Crippen molar-refractivity contribution in [3.63, 3.8) is 0 Å². The molecular weight excluding hydrogens is 366 g/mol. The van der Waals surface area contributed by atoms with Gasteiger partial charge in [0.05, 0.1) is 53.1 Å². The summed E-state index contributed by atoms with van der Waals surface area (Å²) in [5.74, 6) is 0.547. The second-order valence-corrected chi connectivity index (χ2v) is 7.53. The molecule has 3 rings (SSSR count). The van der Waals surface area contributed by atoms with Gasteiger partial charge in [0.1, 0.15) is 5.75 Å². The van der Waals surface area contributed by atoms with Crippen molar-refractivity contribution in [1.82, 2.24) is 14.5 Å². The smallest absolute Gasteiger partial charge is 0.337 e. The van der Waals surface area contributed by atoms with E-state index in [2.05, 4.69) is 9.97 Å². The zero-order valence-corrected chi connectivity index (χ0v) is 16.7. The molecule has 0 saturated carbocycles. The first-order valence-corrected chi connectivity index (χ1v) is 9.61. The Labute approximate surface area is 159 Å². The Morgan fingerprint density at radius 3 is 2.67 bits per heavy atom. The molecule has 0 fully saturated rings. The molecule has 0 bridgehead atoms. The van der Waals surface area contributed by atoms with E-state index in [0.29, 0.717) is 21.9 Å². The van der Waals surface area contributed by atoms with E-state index in [1.165, 1.54) is 7.11 Å². The number of esters is 1. The first-order valence-electron chi connectivity index (χ1n) is 8.29. The van der Waals surface area contributed by atoms with Crippen LogP contribution in [0, 0.1) is 13.8 Å². The number of methoxy groups -OCH3 is 2. The van der Waals surface area contributed by atoms with Gasteiger partial charge in [0.2, 0.25) is 0 Å². The topological polar surface area (TPSA) is 83.3 Å². The van der Waals surface area contributed by atoms with Crippen LogP contribution >= 0.6 is 0 Å². The highest BCUT2D eigenvalue weighted by Crippen LogP contribution is 2.26. The lowest BCUT2D eigenvalue weighted by molar-refractivity contribution is 0.0601. The van der Waals surface area contributed by atoms with E-state index >= 15 is 0 Å². The molecule has 8 heteroatoms. The van der Waals surface area contributed by atoms with Crippen LogP contribution in [-0.4, -0.2) is 38.9 Å². The molecule has 1 aromatic carbocycles. The van der Waals surface area contributed by atoms with Crippen LogP contribution in [0.3, 0.4) is 0 Å². The summed E-state index contributed by atoms with van der Waals surface area (Å²) < 4.78 is 24.9. The summed E-state index contributed by atoms with van der Waals surface area (Å²) in [6, 6.07) is 5.08. The maximum Gasteiger partial charge on any atom is 0.337 e. The van der Waals surface area contributed by atoms with Crippen molar-refractivity contribution < 1.29 is 18.5 Å². The van der Waals surface area contributed by atoms with Crippen molar-refractivity contribution in [3.05, 3.63) is 46.8 Å². The maximum absolute atomic E-state index is 13.0. The number of pyridine rings is 1. The minimum absolute atomic E-state index is 0.226. The van der Waals surface area contributed by atoms with Crippen molar-refractivity contribution >= 4 is 27.8 Å². The lowest BCUT2D eigenvalue weighted by atomic mass is 10.1. The summed E-state index contributed by atoms with van der Waals surface area (Å²) in [6.45, 7) is 3.83. The van der Waals surface area contributed by atoms with Gasteiger partial charge < -0.3 is 14.0 Å². The van der Waals surface area contributed by atoms with Gasteiger partial charge in [-0.1, -0.05) is 0 Å². The standard InChI is InChI=1S/C19H21N3O4S/c1-11-9-20-15(12(2)17(11)25-4)10-27(24)19-21-14-8-13(18(23)26-5)6-7-16(14)22(19)3/h6-9H,10H2,1-5H3. The van der Waals surface area contributed by atoms with E-state index in [1.807, 2.05) is 13.8 Å². The van der Waals surface area contributed by atoms with Crippen molar-refractivity contribution in [2.24, 2.45) is 7.05 Å². The average molecular weight is 387 g/mol. The highest BCUT2D eigenvalue weighted by atomic mass is 32.2. The molecule has 1 atom stereocenters. The molecule has 0 amide bonds. The van der Waals surface area contributed by atoms with E-state index < -0.39 is 16.8 Å². The van der Waals surface area contributed by atoms with Crippen LogP contribution in [0.5, 0.6) is 5.75 Å². The quantitative estimate of drug-likeness (QED) is 0.626. The molecule has 2 heterocycles. The number of nitrogens with zero attached hydrogens (tertiary/aromatic N) is 3. The Hall–Kier alpha value is -2.74. The maximum atomic E-state index is 13.0. The highest BCUT2D eigenvalue weighted by Gasteiger charge is 2.19. The lowest BCUT2D eigenvalue weighted by Crippen LogP contribution is -2.07. The molecule has 0 spiro atoms. The minimum Gasteiger partial charge on any atom is -0.496 e. The first-order chi connectivity index (χ1) is 12.9. The van der Waals surface area contributed by atoms with Gasteiger partial charge in [0.15, 0.2) is 5.16 Å². The van der Waals surface area contributed by atoms with Gasteiger partial charge in [-0.05, 0) is 32.0 Å². The predicted octanol–water partition coefficient (Wildman–Crippen LogP) is 2.69. The van der Waals surface area contributed by atoms with Crippen molar-refractivity contribution in [2.75, 3.05) is 14.2 Å².